The van der Waals surface area contributed by atoms with Gasteiger partial charge in [0.15, 0.2) is 11.5 Å². The molecule has 0 bridgehead atoms. The predicted molar refractivity (Wildman–Crippen MR) is 215 cm³/mol. The Labute approximate surface area is 335 Å². The van der Waals surface area contributed by atoms with Crippen molar-refractivity contribution in [2.45, 2.75) is 83.1 Å². The van der Waals surface area contributed by atoms with E-state index in [0.29, 0.717) is 61.0 Å². The number of aromatic nitrogens is 1. The van der Waals surface area contributed by atoms with Gasteiger partial charge in [0.1, 0.15) is 30.8 Å². The Morgan fingerprint density at radius 3 is 2.60 bits per heavy atom. The fourth-order valence-corrected chi connectivity index (χ4v) is 9.17. The van der Waals surface area contributed by atoms with Crippen LogP contribution in [0.2, 0.25) is 0 Å². The summed E-state index contributed by atoms with van der Waals surface area (Å²) in [4.78, 5) is 26.8. The van der Waals surface area contributed by atoms with Crippen LogP contribution in [0.4, 0.5) is 0 Å². The summed E-state index contributed by atoms with van der Waals surface area (Å²) in [5.74, 6) is 0.482. The topological polar surface area (TPSA) is 141 Å². The van der Waals surface area contributed by atoms with E-state index in [2.05, 4.69) is 23.7 Å². The Morgan fingerprint density at radius 1 is 1.04 bits per heavy atom. The van der Waals surface area contributed by atoms with Gasteiger partial charge in [0.05, 0.1) is 23.9 Å². The average Bonchev–Trinajstić information content (AvgIpc) is 3.70. The Hall–Kier alpha value is -4.91. The van der Waals surface area contributed by atoms with Crippen molar-refractivity contribution in [3.63, 3.8) is 0 Å². The van der Waals surface area contributed by atoms with Crippen LogP contribution < -0.4 is 18.9 Å². The Morgan fingerprint density at radius 2 is 1.82 bits per heavy atom. The first kappa shape index (κ1) is 40.3. The lowest BCUT2D eigenvalue weighted by Gasteiger charge is -2.59. The molecule has 0 radical (unpaired) electrons. The maximum Gasteiger partial charge on any atom is 0.254 e. The van der Waals surface area contributed by atoms with Gasteiger partial charge < -0.3 is 43.6 Å². The van der Waals surface area contributed by atoms with E-state index in [9.17, 15) is 15.0 Å². The van der Waals surface area contributed by atoms with E-state index < -0.39 is 17.7 Å². The molecule has 3 aromatic rings. The lowest BCUT2D eigenvalue weighted by Crippen LogP contribution is -2.69. The van der Waals surface area contributed by atoms with E-state index in [1.165, 1.54) is 0 Å². The average molecular weight is 782 g/mol. The molecule has 1 aromatic heterocycles. The molecule has 2 aliphatic carbocycles. The zero-order chi connectivity index (χ0) is 39.9. The summed E-state index contributed by atoms with van der Waals surface area (Å²) in [7, 11) is 1.78. The highest BCUT2D eigenvalue weighted by Crippen LogP contribution is 2.62. The summed E-state index contributed by atoms with van der Waals surface area (Å²) in [6.45, 7) is 9.05. The van der Waals surface area contributed by atoms with Gasteiger partial charge in [-0.15, -0.1) is 6.58 Å². The number of hydrogen-bond acceptors (Lipinski definition) is 11. The van der Waals surface area contributed by atoms with Crippen molar-refractivity contribution >= 4 is 11.6 Å². The van der Waals surface area contributed by atoms with E-state index >= 15 is 0 Å². The number of allylic oxidation sites excluding steroid dienone is 1. The third-order valence-electron chi connectivity index (χ3n) is 11.7. The van der Waals surface area contributed by atoms with E-state index in [4.69, 9.17) is 33.7 Å². The van der Waals surface area contributed by atoms with Crippen LogP contribution in [0.5, 0.6) is 23.0 Å². The molecule has 3 heterocycles. The second kappa shape index (κ2) is 18.1. The maximum absolute atomic E-state index is 14.6. The Bertz CT molecular complexity index is 1970. The van der Waals surface area contributed by atoms with Crippen LogP contribution in [0.1, 0.15) is 85.1 Å². The van der Waals surface area contributed by atoms with E-state index in [0.717, 1.165) is 53.9 Å². The minimum absolute atomic E-state index is 0.0917. The minimum Gasteiger partial charge on any atom is -0.487 e. The maximum atomic E-state index is 14.6. The summed E-state index contributed by atoms with van der Waals surface area (Å²) in [6, 6.07) is 16.4. The molecule has 2 aromatic carbocycles. The fourth-order valence-electron chi connectivity index (χ4n) is 9.17. The summed E-state index contributed by atoms with van der Waals surface area (Å²) in [5, 5.41) is 24.5. The van der Waals surface area contributed by atoms with Crippen molar-refractivity contribution in [1.29, 1.82) is 0 Å². The van der Waals surface area contributed by atoms with Crippen molar-refractivity contribution in [2.75, 3.05) is 40.3 Å². The lowest BCUT2D eigenvalue weighted by atomic mass is 9.55. The molecule has 304 valence electrons. The molecule has 6 unspecified atom stereocenters. The molecule has 6 atom stereocenters. The number of nitrogens with zero attached hydrogens (tertiary/aromatic N) is 3. The molecule has 2 aliphatic heterocycles. The molecule has 1 fully saturated rings. The predicted octanol–water partition coefficient (Wildman–Crippen LogP) is 7.12. The third-order valence-corrected chi connectivity index (χ3v) is 11.7. The first-order valence-corrected chi connectivity index (χ1v) is 20.2. The SMILES string of the molecule is C=CCOC12Oc3ccc(OCc4cccc(C)n4)cc3C3C(CCCCO)C(CCCCO)C=C(C(=NOCC)CC1N(C)C(=O)c1ccc4c(c1)OCO4)C32. The van der Waals surface area contributed by atoms with Crippen molar-refractivity contribution < 1.29 is 43.5 Å². The number of pyridine rings is 1. The van der Waals surface area contributed by atoms with Gasteiger partial charge in [-0.05, 0) is 105 Å². The van der Waals surface area contributed by atoms with E-state index in [1.807, 2.05) is 44.2 Å². The Balaban J connectivity index is 1.38. The summed E-state index contributed by atoms with van der Waals surface area (Å²) < 4.78 is 31.8. The van der Waals surface area contributed by atoms with Crippen molar-refractivity contribution in [1.82, 2.24) is 9.88 Å². The van der Waals surface area contributed by atoms with Crippen LogP contribution in [-0.2, 0) is 16.2 Å². The molecule has 4 aliphatic rings. The van der Waals surface area contributed by atoms with Gasteiger partial charge in [-0.1, -0.05) is 36.2 Å². The van der Waals surface area contributed by atoms with Crippen LogP contribution in [0, 0.1) is 24.7 Å². The van der Waals surface area contributed by atoms with Gasteiger partial charge >= 0.3 is 0 Å². The first-order valence-electron chi connectivity index (χ1n) is 20.2. The monoisotopic (exact) mass is 781 g/mol. The molecule has 0 saturated heterocycles. The fraction of sp³-hybridized carbons (Fsp3) is 0.489. The molecule has 1 saturated carbocycles. The third kappa shape index (κ3) is 8.26. The number of unbranched alkanes of at least 4 members (excludes halogenated alkanes) is 2. The summed E-state index contributed by atoms with van der Waals surface area (Å²) >= 11 is 0. The second-order valence-electron chi connectivity index (χ2n) is 15.2. The lowest BCUT2D eigenvalue weighted by molar-refractivity contribution is -0.252. The van der Waals surface area contributed by atoms with Crippen molar-refractivity contribution in [3.05, 3.63) is 101 Å². The Kier molecular flexibility index (Phi) is 12.8. The normalized spacial score (nSPS) is 24.8. The number of amides is 1. The van der Waals surface area contributed by atoms with Crippen LogP contribution in [0.25, 0.3) is 0 Å². The number of fused-ring (bicyclic) bond motifs is 3. The summed E-state index contributed by atoms with van der Waals surface area (Å²) in [5.41, 5.74) is 4.90. The number of aryl methyl sites for hydroxylation is 1. The first-order chi connectivity index (χ1) is 27.8. The highest BCUT2D eigenvalue weighted by atomic mass is 16.7. The number of hydrogen-bond donors (Lipinski definition) is 2. The van der Waals surface area contributed by atoms with Gasteiger partial charge in [-0.25, -0.2) is 0 Å². The van der Waals surface area contributed by atoms with Gasteiger partial charge in [-0.2, -0.15) is 0 Å². The second-order valence-corrected chi connectivity index (χ2v) is 15.2. The van der Waals surface area contributed by atoms with E-state index in [-0.39, 0.29) is 50.3 Å². The molecule has 12 heteroatoms. The van der Waals surface area contributed by atoms with Crippen molar-refractivity contribution in [3.8, 4) is 23.0 Å². The largest absolute Gasteiger partial charge is 0.487 e. The van der Waals surface area contributed by atoms with Crippen LogP contribution >= 0.6 is 0 Å². The van der Waals surface area contributed by atoms with Gasteiger partial charge in [0.2, 0.25) is 12.6 Å². The van der Waals surface area contributed by atoms with Gasteiger partial charge in [-0.3, -0.25) is 9.78 Å². The van der Waals surface area contributed by atoms with Crippen molar-refractivity contribution in [2.24, 2.45) is 22.9 Å². The molecule has 7 rings (SSSR count). The number of rotatable bonds is 18. The molecular formula is C45H55N3O9. The number of oxime groups is 1. The number of benzene rings is 2. The number of likely N-dealkylation sites (N-methyl/N-ethyl adjacent to an activating group) is 1. The smallest absolute Gasteiger partial charge is 0.254 e. The zero-order valence-electron chi connectivity index (χ0n) is 33.2. The minimum atomic E-state index is -1.36. The molecule has 0 spiro atoms. The number of ether oxygens (including phenoxy) is 5. The van der Waals surface area contributed by atoms with E-state index in [1.54, 1.807) is 36.2 Å². The van der Waals surface area contributed by atoms with Gasteiger partial charge in [0.25, 0.3) is 5.91 Å². The highest BCUT2D eigenvalue weighted by molar-refractivity contribution is 6.03. The molecule has 2 N–H and O–H groups in total. The molecular weight excluding hydrogens is 727 g/mol. The standard InChI is InChI=1S/C45H55N3O9/c1-5-22-55-45-41(48(4)44(51)31-16-18-39-40(24-31)54-28-53-39)26-37(47-56-6-2)35-23-30(13-7-9-20-49)34(15-8-10-21-50)42(43(35)45)36-25-33(17-19-38(36)57-45)52-27-32-14-11-12-29(3)46-32/h5,11-12,14,16-19,23-25,30,34,41-43,49-50H,1,6-10,13,15,20-22,26-28H2,2-4H3. The van der Waals surface area contributed by atoms with Gasteiger partial charge in [0, 0.05) is 49.4 Å². The van der Waals surface area contributed by atoms with Crippen LogP contribution in [0.15, 0.2) is 84.1 Å². The van der Waals surface area contributed by atoms with Crippen LogP contribution in [-0.4, -0.2) is 83.8 Å². The highest BCUT2D eigenvalue weighted by Gasteiger charge is 2.65. The molecule has 1 amide bonds. The number of aliphatic hydroxyl groups is 2. The molecule has 57 heavy (non-hydrogen) atoms. The van der Waals surface area contributed by atoms with Crippen LogP contribution in [0.3, 0.4) is 0 Å². The molecule has 12 nitrogen and oxygen atoms in total. The number of aliphatic hydroxyl groups excluding tert-OH is 2. The number of carbonyl (C=O) groups excluding carboxylic acids is 1. The quantitative estimate of drug-likeness (QED) is 0.0779. The summed E-state index contributed by atoms with van der Waals surface area (Å²) in [6.07, 6.45) is 9.08. The number of carbonyl (C=O) groups is 1. The zero-order valence-corrected chi connectivity index (χ0v) is 33.2.